The molecule has 0 fully saturated rings. The third kappa shape index (κ3) is 10.4. The van der Waals surface area contributed by atoms with Crippen LogP contribution in [0, 0.1) is 0 Å². The molecule has 9 heteroatoms. The zero-order valence-electron chi connectivity index (χ0n) is 58.4. The van der Waals surface area contributed by atoms with Gasteiger partial charge >= 0.3 is 0 Å². The molecule has 0 N–H and O–H groups in total. The van der Waals surface area contributed by atoms with Gasteiger partial charge in [-0.05, 0) is 125 Å². The molecule has 0 amide bonds. The zero-order valence-corrected chi connectivity index (χ0v) is 58.4. The lowest BCUT2D eigenvalue weighted by Gasteiger charge is -2.12. The minimum absolute atomic E-state index is 0.642. The normalized spacial score (nSPS) is 11.7. The summed E-state index contributed by atoms with van der Waals surface area (Å²) >= 11 is 0. The van der Waals surface area contributed by atoms with Crippen molar-refractivity contribution in [3.05, 3.63) is 382 Å². The summed E-state index contributed by atoms with van der Waals surface area (Å²) in [6.07, 6.45) is 0. The first-order valence-electron chi connectivity index (χ1n) is 36.5. The van der Waals surface area contributed by atoms with E-state index < -0.39 is 0 Å². The van der Waals surface area contributed by atoms with Crippen LogP contribution in [0.25, 0.3) is 200 Å². The van der Waals surface area contributed by atoms with E-state index in [1.54, 1.807) is 0 Å². The van der Waals surface area contributed by atoms with Gasteiger partial charge in [0.15, 0.2) is 23.3 Å². The molecule has 22 rings (SSSR count). The van der Waals surface area contributed by atoms with Crippen molar-refractivity contribution in [1.29, 1.82) is 0 Å². The Hall–Kier alpha value is -14.7. The fourth-order valence-corrected chi connectivity index (χ4v) is 16.3. The Kier molecular flexibility index (Phi) is 14.7. The van der Waals surface area contributed by atoms with Gasteiger partial charge in [0.05, 0.1) is 55.5 Å². The van der Waals surface area contributed by atoms with Crippen LogP contribution >= 0.6 is 0 Å². The van der Waals surface area contributed by atoms with Crippen molar-refractivity contribution < 1.29 is 0 Å². The van der Waals surface area contributed by atoms with Crippen LogP contribution in [-0.4, -0.2) is 43.2 Å². The van der Waals surface area contributed by atoms with Gasteiger partial charge in [-0.1, -0.05) is 279 Å². The third-order valence-electron chi connectivity index (χ3n) is 21.2. The van der Waals surface area contributed by atoms with Gasteiger partial charge in [0, 0.05) is 99.2 Å². The molecule has 0 spiro atoms. The summed E-state index contributed by atoms with van der Waals surface area (Å²) in [4.78, 5) is 25.2. The van der Waals surface area contributed by atoms with Gasteiger partial charge in [-0.3, -0.25) is 0 Å². The van der Waals surface area contributed by atoms with E-state index in [1.807, 2.05) is 72.8 Å². The highest BCUT2D eigenvalue weighted by Gasteiger charge is 2.24. The molecule has 0 atom stereocenters. The van der Waals surface area contributed by atoms with E-state index in [9.17, 15) is 0 Å². The number of rotatable bonds is 10. The van der Waals surface area contributed by atoms with Crippen molar-refractivity contribution >= 4 is 109 Å². The predicted octanol–water partition coefficient (Wildman–Crippen LogP) is 25.0. The van der Waals surface area contributed by atoms with E-state index in [0.29, 0.717) is 23.3 Å². The summed E-state index contributed by atoms with van der Waals surface area (Å²) < 4.78 is 9.69. The molecular formula is C99H63N9. The molecule has 16 aromatic carbocycles. The van der Waals surface area contributed by atoms with E-state index >= 15 is 0 Å². The minimum Gasteiger partial charge on any atom is -0.309 e. The molecule has 0 aliphatic heterocycles. The lowest BCUT2D eigenvalue weighted by Crippen LogP contribution is -2.00. The maximum Gasteiger partial charge on any atom is 0.164 e. The smallest absolute Gasteiger partial charge is 0.164 e. The largest absolute Gasteiger partial charge is 0.309 e. The summed E-state index contributed by atoms with van der Waals surface area (Å²) in [5.41, 5.74) is 21.8. The van der Waals surface area contributed by atoms with Crippen molar-refractivity contribution in [3.63, 3.8) is 0 Å². The van der Waals surface area contributed by atoms with Crippen molar-refractivity contribution in [1.82, 2.24) is 43.2 Å². The standard InChI is InChI=1S/C50H32N4.C49H31N5/c1-4-14-34(15-5-1)43-32-44(35-16-6-2-7-17-35)52-50(51-43)36-25-24-33-26-27-39(31-37(33)30-36)53-46-23-13-11-21-42(46)48-47(53)29-28-41-40-20-10-12-22-45(40)54(49(41)48)38-18-8-3-9-19-38;1-4-14-33(15-5-1)47-50-48(34-16-6-2-7-17-34)52-49(51-47)35-25-24-32-26-27-38(31-36(32)30-35)53-43-23-13-11-21-41(43)45-44(53)29-28-40-39-20-10-12-22-42(39)54(46(40)45)37-18-8-3-9-19-37/h1-32H;1-31H. The van der Waals surface area contributed by atoms with E-state index in [2.05, 4.69) is 328 Å². The first kappa shape index (κ1) is 61.9. The summed E-state index contributed by atoms with van der Waals surface area (Å²) in [5, 5.41) is 14.5. The van der Waals surface area contributed by atoms with Crippen LogP contribution < -0.4 is 0 Å². The predicted molar refractivity (Wildman–Crippen MR) is 447 cm³/mol. The molecule has 0 aliphatic rings. The highest BCUT2D eigenvalue weighted by molar-refractivity contribution is 6.28. The van der Waals surface area contributed by atoms with Crippen molar-refractivity contribution in [2.75, 3.05) is 0 Å². The molecule has 9 nitrogen and oxygen atoms in total. The Bertz CT molecular complexity index is 6720. The number of aromatic nitrogens is 9. The minimum atomic E-state index is 0.642. The van der Waals surface area contributed by atoms with Crippen molar-refractivity contribution in [3.8, 4) is 90.8 Å². The highest BCUT2D eigenvalue weighted by atomic mass is 15.0. The van der Waals surface area contributed by atoms with Crippen LogP contribution in [0.4, 0.5) is 0 Å². The molecule has 0 unspecified atom stereocenters. The summed E-state index contributed by atoms with van der Waals surface area (Å²) in [6, 6.07) is 135. The number of benzene rings is 16. The molecule has 0 saturated carbocycles. The Morgan fingerprint density at radius 3 is 0.880 bits per heavy atom. The maximum atomic E-state index is 5.12. The second-order valence-electron chi connectivity index (χ2n) is 27.5. The number of hydrogen-bond donors (Lipinski definition) is 0. The fraction of sp³-hybridized carbons (Fsp3) is 0. The van der Waals surface area contributed by atoms with Crippen molar-refractivity contribution in [2.24, 2.45) is 0 Å². The number of fused-ring (bicyclic) bond motifs is 16. The van der Waals surface area contributed by atoms with E-state index in [4.69, 9.17) is 24.9 Å². The number of nitrogens with zero attached hydrogens (tertiary/aromatic N) is 9. The maximum absolute atomic E-state index is 5.12. The first-order valence-corrected chi connectivity index (χ1v) is 36.5. The highest BCUT2D eigenvalue weighted by Crippen LogP contribution is 2.45. The van der Waals surface area contributed by atoms with Gasteiger partial charge < -0.3 is 18.3 Å². The average Bonchev–Trinajstić information content (AvgIpc) is 1.55. The van der Waals surface area contributed by atoms with Crippen LogP contribution in [0.15, 0.2) is 382 Å². The Morgan fingerprint density at radius 2 is 0.481 bits per heavy atom. The van der Waals surface area contributed by atoms with Gasteiger partial charge in [0.2, 0.25) is 0 Å². The second-order valence-corrected chi connectivity index (χ2v) is 27.5. The molecule has 6 heterocycles. The topological polar surface area (TPSA) is 84.2 Å². The SMILES string of the molecule is c1ccc(-c2cc(-c3ccccc3)nc(-c3ccc4ccc(-n5c6ccccc6c6c5ccc5c7ccccc7n(-c7ccccc7)c56)cc4c3)n2)cc1.c1ccc(-c2nc(-c3ccccc3)nc(-c3ccc4ccc(-n5c6ccccc6c6c5ccc5c7ccccc7n(-c7ccccc7)c56)cc4c3)n2)cc1. The summed E-state index contributed by atoms with van der Waals surface area (Å²) in [6.45, 7) is 0. The van der Waals surface area contributed by atoms with Gasteiger partial charge in [-0.15, -0.1) is 0 Å². The Morgan fingerprint density at radius 1 is 0.167 bits per heavy atom. The molecule has 0 aliphatic carbocycles. The average molecular weight is 1380 g/mol. The van der Waals surface area contributed by atoms with Crippen LogP contribution in [0.1, 0.15) is 0 Å². The van der Waals surface area contributed by atoms with E-state index in [1.165, 1.54) is 76.2 Å². The molecule has 6 aromatic heterocycles. The molecule has 108 heavy (non-hydrogen) atoms. The van der Waals surface area contributed by atoms with E-state index in [0.717, 1.165) is 100 Å². The molecule has 0 saturated heterocycles. The Labute approximate surface area is 621 Å². The lowest BCUT2D eigenvalue weighted by molar-refractivity contribution is 1.07. The lowest BCUT2D eigenvalue weighted by atomic mass is 10.0. The summed E-state index contributed by atoms with van der Waals surface area (Å²) in [7, 11) is 0. The molecule has 22 aromatic rings. The fourth-order valence-electron chi connectivity index (χ4n) is 16.3. The zero-order chi connectivity index (χ0) is 71.2. The molecule has 0 bridgehead atoms. The van der Waals surface area contributed by atoms with Gasteiger partial charge in [-0.2, -0.15) is 0 Å². The third-order valence-corrected chi connectivity index (χ3v) is 21.2. The molecular weight excluding hydrogens is 1320 g/mol. The van der Waals surface area contributed by atoms with Crippen LogP contribution in [0.2, 0.25) is 0 Å². The van der Waals surface area contributed by atoms with Crippen molar-refractivity contribution in [2.45, 2.75) is 0 Å². The second kappa shape index (κ2) is 25.6. The van der Waals surface area contributed by atoms with Crippen LogP contribution in [0.5, 0.6) is 0 Å². The van der Waals surface area contributed by atoms with Gasteiger partial charge in [0.1, 0.15) is 0 Å². The first-order chi connectivity index (χ1) is 53.6. The van der Waals surface area contributed by atoms with Gasteiger partial charge in [-0.25, -0.2) is 24.9 Å². The quantitative estimate of drug-likeness (QED) is 0.136. The van der Waals surface area contributed by atoms with E-state index in [-0.39, 0.29) is 0 Å². The Balaban J connectivity index is 0.000000138. The van der Waals surface area contributed by atoms with Crippen LogP contribution in [0.3, 0.4) is 0 Å². The molecule has 0 radical (unpaired) electrons. The monoisotopic (exact) mass is 1380 g/mol. The van der Waals surface area contributed by atoms with Gasteiger partial charge in [0.25, 0.3) is 0 Å². The number of hydrogen-bond acceptors (Lipinski definition) is 5. The molecule has 504 valence electrons. The summed E-state index contributed by atoms with van der Waals surface area (Å²) in [5.74, 6) is 2.65. The van der Waals surface area contributed by atoms with Crippen LogP contribution in [-0.2, 0) is 0 Å². The number of para-hydroxylation sites is 6.